The summed E-state index contributed by atoms with van der Waals surface area (Å²) in [5.74, 6) is -1.99. The molecule has 0 bridgehead atoms. The van der Waals surface area contributed by atoms with Gasteiger partial charge in [0, 0.05) is 18.2 Å². The fraction of sp³-hybridized carbons (Fsp3) is 0.429. The zero-order valence-electron chi connectivity index (χ0n) is 11.1. The average Bonchev–Trinajstić information content (AvgIpc) is 2.78. The maximum Gasteiger partial charge on any atom is 0.393 e. The van der Waals surface area contributed by atoms with Gasteiger partial charge in [0.05, 0.1) is 16.5 Å². The van der Waals surface area contributed by atoms with Gasteiger partial charge in [0.2, 0.25) is 5.91 Å². The lowest BCUT2D eigenvalue weighted by Gasteiger charge is -2.31. The summed E-state index contributed by atoms with van der Waals surface area (Å²) in [4.78, 5) is 13.1. The topological polar surface area (TPSA) is 44.1 Å². The maximum atomic E-state index is 12.9. The Kier molecular flexibility index (Phi) is 4.15. The monoisotopic (exact) mass is 316 g/mol. The van der Waals surface area contributed by atoms with Crippen LogP contribution in [0.3, 0.4) is 0 Å². The fourth-order valence-electron chi connectivity index (χ4n) is 2.48. The Bertz CT molecular complexity index is 609. The van der Waals surface area contributed by atoms with Crippen LogP contribution in [0.5, 0.6) is 0 Å². The van der Waals surface area contributed by atoms with Gasteiger partial charge >= 0.3 is 6.18 Å². The van der Waals surface area contributed by atoms with Crippen molar-refractivity contribution in [3.63, 3.8) is 0 Å². The summed E-state index contributed by atoms with van der Waals surface area (Å²) >= 11 is 5.89. The van der Waals surface area contributed by atoms with E-state index in [2.05, 4.69) is 0 Å². The molecule has 0 saturated carbocycles. The first-order valence-electron chi connectivity index (χ1n) is 6.34. The Hall–Kier alpha value is -1.74. The van der Waals surface area contributed by atoms with E-state index in [1.54, 1.807) is 0 Å². The van der Waals surface area contributed by atoms with Crippen molar-refractivity contribution in [2.75, 3.05) is 4.90 Å². The number of anilines is 1. The number of amides is 1. The van der Waals surface area contributed by atoms with Crippen LogP contribution in [0.1, 0.15) is 25.3 Å². The highest BCUT2D eigenvalue weighted by Crippen LogP contribution is 2.39. The number of alkyl halides is 3. The molecule has 1 heterocycles. The predicted octanol–water partition coefficient (Wildman–Crippen LogP) is 3.91. The summed E-state index contributed by atoms with van der Waals surface area (Å²) in [7, 11) is 0. The van der Waals surface area contributed by atoms with Gasteiger partial charge in [-0.3, -0.25) is 4.79 Å². The molecule has 0 aromatic heterocycles. The number of carbonyl (C=O) groups excluding carboxylic acids is 1. The minimum Gasteiger partial charge on any atom is -0.309 e. The molecule has 112 valence electrons. The lowest BCUT2D eigenvalue weighted by molar-refractivity contribution is -0.174. The summed E-state index contributed by atoms with van der Waals surface area (Å²) in [6, 6.07) is 5.13. The van der Waals surface area contributed by atoms with Crippen LogP contribution in [0, 0.1) is 17.2 Å². The highest BCUT2D eigenvalue weighted by molar-refractivity contribution is 6.32. The van der Waals surface area contributed by atoms with E-state index in [0.717, 1.165) is 11.8 Å². The van der Waals surface area contributed by atoms with Crippen molar-refractivity contribution in [2.45, 2.75) is 32.0 Å². The predicted molar refractivity (Wildman–Crippen MR) is 71.9 cm³/mol. The smallest absolute Gasteiger partial charge is 0.309 e. The molecule has 1 aromatic rings. The maximum absolute atomic E-state index is 12.9. The summed E-state index contributed by atoms with van der Waals surface area (Å²) in [6.45, 7) is 1.07. The number of carbonyl (C=O) groups is 1. The number of benzene rings is 1. The van der Waals surface area contributed by atoms with Crippen LogP contribution in [0.15, 0.2) is 18.2 Å². The number of halogens is 4. The SMILES string of the molecule is CC([C@H]1CCC(=O)N1c1ccc(C#N)c(Cl)c1)C(F)(F)F. The van der Waals surface area contributed by atoms with Crippen LogP contribution in [-0.4, -0.2) is 18.1 Å². The van der Waals surface area contributed by atoms with Gasteiger partial charge in [-0.25, -0.2) is 0 Å². The van der Waals surface area contributed by atoms with Crippen LogP contribution >= 0.6 is 11.6 Å². The minimum atomic E-state index is -4.37. The average molecular weight is 317 g/mol. The number of hydrogen-bond acceptors (Lipinski definition) is 2. The molecule has 21 heavy (non-hydrogen) atoms. The lowest BCUT2D eigenvalue weighted by atomic mass is 9.98. The van der Waals surface area contributed by atoms with Crippen LogP contribution in [0.25, 0.3) is 0 Å². The van der Waals surface area contributed by atoms with Crippen LogP contribution < -0.4 is 4.90 Å². The van der Waals surface area contributed by atoms with Crippen LogP contribution in [0.2, 0.25) is 5.02 Å². The van der Waals surface area contributed by atoms with Crippen LogP contribution in [-0.2, 0) is 4.79 Å². The van der Waals surface area contributed by atoms with Crippen molar-refractivity contribution < 1.29 is 18.0 Å². The van der Waals surface area contributed by atoms with E-state index in [-0.39, 0.29) is 29.3 Å². The number of nitriles is 1. The van der Waals surface area contributed by atoms with Gasteiger partial charge in [-0.1, -0.05) is 18.5 Å². The fourth-order valence-corrected chi connectivity index (χ4v) is 2.69. The Morgan fingerprint density at radius 3 is 2.67 bits per heavy atom. The molecule has 0 aliphatic carbocycles. The zero-order valence-corrected chi connectivity index (χ0v) is 11.9. The molecule has 1 fully saturated rings. The first-order chi connectivity index (χ1) is 9.75. The van der Waals surface area contributed by atoms with E-state index < -0.39 is 18.1 Å². The van der Waals surface area contributed by atoms with Crippen molar-refractivity contribution in [2.24, 2.45) is 5.92 Å². The molecule has 1 amide bonds. The summed E-state index contributed by atoms with van der Waals surface area (Å²) < 4.78 is 38.7. The van der Waals surface area contributed by atoms with E-state index in [9.17, 15) is 18.0 Å². The zero-order chi connectivity index (χ0) is 15.8. The molecular formula is C14H12ClF3N2O. The Balaban J connectivity index is 2.38. The standard InChI is InChI=1S/C14H12ClF3N2O/c1-8(14(16,17)18)12-4-5-13(21)20(12)10-3-2-9(7-19)11(15)6-10/h2-3,6,8,12H,4-5H2,1H3/t8?,12-/m1/s1. The highest BCUT2D eigenvalue weighted by atomic mass is 35.5. The third-order valence-electron chi connectivity index (χ3n) is 3.70. The summed E-state index contributed by atoms with van der Waals surface area (Å²) in [5, 5.41) is 8.93. The molecule has 1 saturated heterocycles. The van der Waals surface area contributed by atoms with Gasteiger partial charge in [0.15, 0.2) is 0 Å². The lowest BCUT2D eigenvalue weighted by Crippen LogP contribution is -2.43. The van der Waals surface area contributed by atoms with Crippen molar-refractivity contribution >= 4 is 23.2 Å². The van der Waals surface area contributed by atoms with Crippen molar-refractivity contribution in [3.8, 4) is 6.07 Å². The molecule has 1 aliphatic rings. The Morgan fingerprint density at radius 2 is 2.14 bits per heavy atom. The minimum absolute atomic E-state index is 0.0721. The number of nitrogens with zero attached hydrogens (tertiary/aromatic N) is 2. The number of rotatable bonds is 2. The van der Waals surface area contributed by atoms with Crippen molar-refractivity contribution in [1.82, 2.24) is 0 Å². The molecule has 0 radical (unpaired) electrons. The molecule has 0 N–H and O–H groups in total. The van der Waals surface area contributed by atoms with Crippen LogP contribution in [0.4, 0.5) is 18.9 Å². The molecule has 0 spiro atoms. The largest absolute Gasteiger partial charge is 0.393 e. The molecule has 2 atom stereocenters. The molecule has 2 rings (SSSR count). The number of hydrogen-bond donors (Lipinski definition) is 0. The third-order valence-corrected chi connectivity index (χ3v) is 4.01. The van der Waals surface area contributed by atoms with Gasteiger partial charge in [-0.2, -0.15) is 18.4 Å². The second kappa shape index (κ2) is 5.57. The van der Waals surface area contributed by atoms with Gasteiger partial charge in [0.25, 0.3) is 0 Å². The molecule has 1 aromatic carbocycles. The summed E-state index contributed by atoms with van der Waals surface area (Å²) in [5.41, 5.74) is 0.509. The second-order valence-electron chi connectivity index (χ2n) is 4.98. The second-order valence-corrected chi connectivity index (χ2v) is 5.38. The Morgan fingerprint density at radius 1 is 1.48 bits per heavy atom. The normalized spacial score (nSPS) is 20.5. The molecule has 1 unspecified atom stereocenters. The quantitative estimate of drug-likeness (QED) is 0.830. The third kappa shape index (κ3) is 2.98. The van der Waals surface area contributed by atoms with Gasteiger partial charge in [0.1, 0.15) is 6.07 Å². The van der Waals surface area contributed by atoms with E-state index in [4.69, 9.17) is 16.9 Å². The molecular weight excluding hydrogens is 305 g/mol. The molecule has 1 aliphatic heterocycles. The van der Waals surface area contributed by atoms with Gasteiger partial charge in [-0.05, 0) is 24.6 Å². The first kappa shape index (κ1) is 15.6. The van der Waals surface area contributed by atoms with Crippen molar-refractivity contribution in [3.05, 3.63) is 28.8 Å². The highest BCUT2D eigenvalue weighted by Gasteiger charge is 2.47. The van der Waals surface area contributed by atoms with E-state index in [1.807, 2.05) is 6.07 Å². The molecule has 3 nitrogen and oxygen atoms in total. The van der Waals surface area contributed by atoms with Gasteiger partial charge in [-0.15, -0.1) is 0 Å². The van der Waals surface area contributed by atoms with Crippen molar-refractivity contribution in [1.29, 1.82) is 5.26 Å². The van der Waals surface area contributed by atoms with E-state index in [0.29, 0.717) is 5.69 Å². The van der Waals surface area contributed by atoms with E-state index in [1.165, 1.54) is 18.2 Å². The van der Waals surface area contributed by atoms with E-state index >= 15 is 0 Å². The first-order valence-corrected chi connectivity index (χ1v) is 6.72. The van der Waals surface area contributed by atoms with Gasteiger partial charge < -0.3 is 4.90 Å². The summed E-state index contributed by atoms with van der Waals surface area (Å²) in [6.07, 6.45) is -4.15. The Labute approximate surface area is 124 Å². The molecule has 7 heteroatoms.